The average Bonchev–Trinajstić information content (AvgIpc) is 2.85. The fourth-order valence-corrected chi connectivity index (χ4v) is 5.03. The third kappa shape index (κ3) is 4.05. The summed E-state index contributed by atoms with van der Waals surface area (Å²) < 4.78 is 14.3. The first kappa shape index (κ1) is 21.8. The van der Waals surface area contributed by atoms with E-state index in [0.717, 1.165) is 16.8 Å². The molecule has 2 aliphatic rings. The van der Waals surface area contributed by atoms with Crippen LogP contribution >= 0.6 is 0 Å². The van der Waals surface area contributed by atoms with E-state index in [1.54, 1.807) is 12.1 Å². The smallest absolute Gasteiger partial charge is 0.254 e. The molecule has 1 aliphatic carbocycles. The summed E-state index contributed by atoms with van der Waals surface area (Å²) in [5, 5.41) is 6.07. The van der Waals surface area contributed by atoms with Crippen molar-refractivity contribution < 1.29 is 14.0 Å². The Bertz CT molecular complexity index is 1310. The SMILES string of the molecule is CC1=C(C(=O)Nc2ccccc2F)[C@H](c2ccccc2)C2=C(C[C@H](c3ccccc3)CC2=O)N1. The predicted octanol–water partition coefficient (Wildman–Crippen LogP) is 5.83. The number of allylic oxidation sites excluding steroid dienone is 3. The van der Waals surface area contributed by atoms with Crippen LogP contribution in [-0.2, 0) is 9.59 Å². The minimum atomic E-state index is -0.520. The minimum absolute atomic E-state index is 0.0279. The van der Waals surface area contributed by atoms with Crippen molar-refractivity contribution in [2.75, 3.05) is 5.32 Å². The van der Waals surface area contributed by atoms with Gasteiger partial charge in [0, 0.05) is 34.9 Å². The van der Waals surface area contributed by atoms with E-state index in [-0.39, 0.29) is 17.4 Å². The molecular weight excluding hydrogens is 427 g/mol. The molecule has 0 aromatic heterocycles. The standard InChI is InChI=1S/C29H25FN2O2/c1-18-26(29(34)32-23-15-9-8-14-22(23)30)27(20-12-6-3-7-13-20)28-24(31-18)16-21(17-25(28)33)19-10-4-2-5-11-19/h2-15,21,27,31H,16-17H2,1H3,(H,32,34)/t21-,27-/m0/s1. The lowest BCUT2D eigenvalue weighted by Gasteiger charge is -2.37. The molecule has 1 aliphatic heterocycles. The van der Waals surface area contributed by atoms with Gasteiger partial charge in [-0.2, -0.15) is 0 Å². The number of anilines is 1. The Labute approximate surface area is 198 Å². The zero-order valence-electron chi connectivity index (χ0n) is 18.8. The molecule has 0 bridgehead atoms. The van der Waals surface area contributed by atoms with Crippen LogP contribution in [0.25, 0.3) is 0 Å². The number of benzene rings is 3. The van der Waals surface area contributed by atoms with Crippen molar-refractivity contribution in [3.8, 4) is 0 Å². The summed E-state index contributed by atoms with van der Waals surface area (Å²) >= 11 is 0. The molecule has 0 fully saturated rings. The van der Waals surface area contributed by atoms with Gasteiger partial charge in [-0.05, 0) is 42.5 Å². The van der Waals surface area contributed by atoms with Crippen LogP contribution in [0.2, 0.25) is 0 Å². The second kappa shape index (κ2) is 9.10. The highest BCUT2D eigenvalue weighted by Gasteiger charge is 2.40. The van der Waals surface area contributed by atoms with Gasteiger partial charge in [0.05, 0.1) is 5.69 Å². The number of halogens is 1. The number of dihydropyridines is 1. The molecule has 5 rings (SSSR count). The first-order chi connectivity index (χ1) is 16.5. The van der Waals surface area contributed by atoms with E-state index < -0.39 is 17.6 Å². The number of Topliss-reactive ketones (excluding diaryl/α,β-unsaturated/α-hetero) is 1. The second-order valence-electron chi connectivity index (χ2n) is 8.77. The first-order valence-corrected chi connectivity index (χ1v) is 11.4. The first-order valence-electron chi connectivity index (χ1n) is 11.4. The fraction of sp³-hybridized carbons (Fsp3) is 0.172. The summed E-state index contributed by atoms with van der Waals surface area (Å²) in [4.78, 5) is 27.0. The molecule has 0 spiro atoms. The summed E-state index contributed by atoms with van der Waals surface area (Å²) in [7, 11) is 0. The van der Waals surface area contributed by atoms with E-state index in [9.17, 15) is 14.0 Å². The van der Waals surface area contributed by atoms with Crippen LogP contribution < -0.4 is 10.6 Å². The van der Waals surface area contributed by atoms with Crippen molar-refractivity contribution in [3.05, 3.63) is 124 Å². The fourth-order valence-electron chi connectivity index (χ4n) is 5.03. The number of ketones is 1. The number of carbonyl (C=O) groups is 2. The van der Waals surface area contributed by atoms with Crippen molar-refractivity contribution >= 4 is 17.4 Å². The molecule has 0 saturated heterocycles. The van der Waals surface area contributed by atoms with Gasteiger partial charge in [0.2, 0.25) is 0 Å². The molecule has 0 unspecified atom stereocenters. The van der Waals surface area contributed by atoms with Crippen molar-refractivity contribution in [2.24, 2.45) is 0 Å². The summed E-state index contributed by atoms with van der Waals surface area (Å²) in [5.74, 6) is -1.34. The van der Waals surface area contributed by atoms with Crippen LogP contribution in [-0.4, -0.2) is 11.7 Å². The van der Waals surface area contributed by atoms with Crippen LogP contribution in [0.3, 0.4) is 0 Å². The second-order valence-corrected chi connectivity index (χ2v) is 8.77. The van der Waals surface area contributed by atoms with Gasteiger partial charge < -0.3 is 10.6 Å². The third-order valence-electron chi connectivity index (χ3n) is 6.60. The largest absolute Gasteiger partial charge is 0.362 e. The monoisotopic (exact) mass is 452 g/mol. The molecule has 4 nitrogen and oxygen atoms in total. The molecule has 0 saturated carbocycles. The van der Waals surface area contributed by atoms with Gasteiger partial charge in [0.25, 0.3) is 5.91 Å². The van der Waals surface area contributed by atoms with Crippen LogP contribution in [0.1, 0.15) is 42.7 Å². The number of rotatable bonds is 4. The lowest BCUT2D eigenvalue weighted by molar-refractivity contribution is -0.116. The lowest BCUT2D eigenvalue weighted by Crippen LogP contribution is -2.37. The van der Waals surface area contributed by atoms with E-state index in [1.807, 2.05) is 55.5 Å². The normalized spacial score (nSPS) is 20.0. The maximum absolute atomic E-state index is 14.3. The van der Waals surface area contributed by atoms with Crippen molar-refractivity contribution in [1.82, 2.24) is 5.32 Å². The Hall–Kier alpha value is -3.99. The zero-order chi connectivity index (χ0) is 23.7. The molecular formula is C29H25FN2O2. The number of nitrogens with one attached hydrogen (secondary N) is 2. The summed E-state index contributed by atoms with van der Waals surface area (Å²) in [5.41, 5.74) is 4.69. The zero-order valence-corrected chi connectivity index (χ0v) is 18.8. The van der Waals surface area contributed by atoms with E-state index in [4.69, 9.17) is 0 Å². The van der Waals surface area contributed by atoms with E-state index >= 15 is 0 Å². The number of hydrogen-bond donors (Lipinski definition) is 2. The Balaban J connectivity index is 1.56. The van der Waals surface area contributed by atoms with E-state index in [1.165, 1.54) is 12.1 Å². The number of para-hydroxylation sites is 1. The molecule has 170 valence electrons. The number of carbonyl (C=O) groups excluding carboxylic acids is 2. The summed E-state index contributed by atoms with van der Waals surface area (Å²) in [6.45, 7) is 1.84. The molecule has 2 atom stereocenters. The maximum Gasteiger partial charge on any atom is 0.254 e. The number of amides is 1. The molecule has 1 heterocycles. The third-order valence-corrected chi connectivity index (χ3v) is 6.60. The molecule has 2 N–H and O–H groups in total. The van der Waals surface area contributed by atoms with Crippen LogP contribution in [0.4, 0.5) is 10.1 Å². The van der Waals surface area contributed by atoms with Gasteiger partial charge in [-0.3, -0.25) is 9.59 Å². The van der Waals surface area contributed by atoms with Crippen molar-refractivity contribution in [1.29, 1.82) is 0 Å². The highest BCUT2D eigenvalue weighted by molar-refractivity contribution is 6.10. The average molecular weight is 453 g/mol. The molecule has 3 aromatic rings. The van der Waals surface area contributed by atoms with Gasteiger partial charge >= 0.3 is 0 Å². The molecule has 5 heteroatoms. The maximum atomic E-state index is 14.3. The molecule has 34 heavy (non-hydrogen) atoms. The Morgan fingerprint density at radius 1 is 0.882 bits per heavy atom. The molecule has 3 aromatic carbocycles. The van der Waals surface area contributed by atoms with Crippen LogP contribution in [0.15, 0.2) is 107 Å². The van der Waals surface area contributed by atoms with Crippen molar-refractivity contribution in [2.45, 2.75) is 31.6 Å². The molecule has 0 radical (unpaired) electrons. The Morgan fingerprint density at radius 3 is 2.18 bits per heavy atom. The Kier molecular flexibility index (Phi) is 5.84. The lowest BCUT2D eigenvalue weighted by atomic mass is 9.71. The van der Waals surface area contributed by atoms with E-state index in [2.05, 4.69) is 22.8 Å². The van der Waals surface area contributed by atoms with Gasteiger partial charge in [-0.15, -0.1) is 0 Å². The number of hydrogen-bond acceptors (Lipinski definition) is 3. The van der Waals surface area contributed by atoms with Gasteiger partial charge in [0.1, 0.15) is 5.82 Å². The Morgan fingerprint density at radius 2 is 1.50 bits per heavy atom. The highest BCUT2D eigenvalue weighted by atomic mass is 19.1. The van der Waals surface area contributed by atoms with Gasteiger partial charge in [-0.1, -0.05) is 72.8 Å². The van der Waals surface area contributed by atoms with Gasteiger partial charge in [-0.25, -0.2) is 4.39 Å². The van der Waals surface area contributed by atoms with Crippen LogP contribution in [0, 0.1) is 5.82 Å². The predicted molar refractivity (Wildman–Crippen MR) is 130 cm³/mol. The van der Waals surface area contributed by atoms with E-state index in [0.29, 0.717) is 29.7 Å². The van der Waals surface area contributed by atoms with Gasteiger partial charge in [0.15, 0.2) is 5.78 Å². The minimum Gasteiger partial charge on any atom is -0.362 e. The molecule has 1 amide bonds. The quantitative estimate of drug-likeness (QED) is 0.524. The van der Waals surface area contributed by atoms with Crippen LogP contribution in [0.5, 0.6) is 0 Å². The summed E-state index contributed by atoms with van der Waals surface area (Å²) in [6.07, 6.45) is 1.07. The topological polar surface area (TPSA) is 58.2 Å². The van der Waals surface area contributed by atoms with Crippen molar-refractivity contribution in [3.63, 3.8) is 0 Å². The highest BCUT2D eigenvalue weighted by Crippen LogP contribution is 2.45. The summed E-state index contributed by atoms with van der Waals surface area (Å²) in [6, 6.07) is 25.7.